The second kappa shape index (κ2) is 54.2. The van der Waals surface area contributed by atoms with Gasteiger partial charge in [-0.3, -0.25) is 14.4 Å². The Balaban J connectivity index is 4.50. The minimum Gasteiger partial charge on any atom is -0.462 e. The summed E-state index contributed by atoms with van der Waals surface area (Å²) >= 11 is 0. The Morgan fingerprint density at radius 2 is 0.606 bits per heavy atom. The molecule has 378 valence electrons. The molecule has 0 aromatic heterocycles. The molecule has 0 N–H and O–H groups in total. The Kier molecular flexibility index (Phi) is 51.4. The van der Waals surface area contributed by atoms with Crippen LogP contribution in [-0.4, -0.2) is 37.2 Å². The van der Waals surface area contributed by atoms with E-state index in [1.807, 2.05) is 0 Å². The van der Waals surface area contributed by atoms with E-state index in [1.54, 1.807) is 0 Å². The minimum atomic E-state index is -0.807. The van der Waals surface area contributed by atoms with Crippen molar-refractivity contribution in [2.45, 2.75) is 264 Å². The summed E-state index contributed by atoms with van der Waals surface area (Å²) < 4.78 is 16.8. The molecule has 0 unspecified atom stereocenters. The number of rotatable bonds is 49. The Morgan fingerprint density at radius 1 is 0.318 bits per heavy atom. The second-order valence-electron chi connectivity index (χ2n) is 18.1. The summed E-state index contributed by atoms with van der Waals surface area (Å²) in [4.78, 5) is 38.1. The van der Waals surface area contributed by atoms with Crippen LogP contribution in [0, 0.1) is 0 Å². The highest BCUT2D eigenvalue weighted by Crippen LogP contribution is 2.14. The molecule has 0 radical (unpaired) electrons. The standard InChI is InChI=1S/C60H102O6/c1-4-7-10-13-16-19-22-25-28-30-33-35-38-41-44-47-50-53-59(62)65-56-57(55-64-58(61)52-49-46-43-40-37-34-31-27-24-21-18-15-12-9-6-3)66-60(63)54-51-48-45-42-39-36-32-29-26-23-20-17-14-11-8-5-2/h7,10,16,19,25,27-29,31-33,35,41,44,57H,4-6,8-9,11-15,17-18,20-24,26,30,34,36-40,42-43,45-56H2,1-3H3/b10-7-,19-16-,28-25-,31-27-,32-29-,35-33-,44-41-/t57-/m1/s1. The molecule has 0 heterocycles. The van der Waals surface area contributed by atoms with Crippen molar-refractivity contribution in [1.29, 1.82) is 0 Å². The van der Waals surface area contributed by atoms with E-state index in [4.69, 9.17) is 14.2 Å². The first-order valence-electron chi connectivity index (χ1n) is 27.6. The molecule has 0 aliphatic carbocycles. The summed E-state index contributed by atoms with van der Waals surface area (Å²) in [6.07, 6.45) is 70.0. The topological polar surface area (TPSA) is 78.9 Å². The number of carbonyl (C=O) groups is 3. The van der Waals surface area contributed by atoms with Crippen LogP contribution in [0.4, 0.5) is 0 Å². The molecule has 0 aliphatic heterocycles. The van der Waals surface area contributed by atoms with Gasteiger partial charge in [0.2, 0.25) is 0 Å². The molecule has 1 atom stereocenters. The van der Waals surface area contributed by atoms with Gasteiger partial charge in [-0.2, -0.15) is 0 Å². The van der Waals surface area contributed by atoms with E-state index in [1.165, 1.54) is 116 Å². The number of hydrogen-bond donors (Lipinski definition) is 0. The van der Waals surface area contributed by atoms with Crippen LogP contribution in [0.1, 0.15) is 258 Å². The van der Waals surface area contributed by atoms with Crippen LogP contribution >= 0.6 is 0 Å². The van der Waals surface area contributed by atoms with Crippen LogP contribution in [0.25, 0.3) is 0 Å². The molecule has 0 aromatic carbocycles. The van der Waals surface area contributed by atoms with E-state index in [0.717, 1.165) is 96.3 Å². The van der Waals surface area contributed by atoms with E-state index >= 15 is 0 Å². The quantitative estimate of drug-likeness (QED) is 0.0262. The van der Waals surface area contributed by atoms with Crippen LogP contribution in [0.3, 0.4) is 0 Å². The maximum Gasteiger partial charge on any atom is 0.306 e. The van der Waals surface area contributed by atoms with Crippen LogP contribution in [-0.2, 0) is 28.6 Å². The molecule has 0 bridgehead atoms. The van der Waals surface area contributed by atoms with Gasteiger partial charge in [0.25, 0.3) is 0 Å². The van der Waals surface area contributed by atoms with E-state index in [9.17, 15) is 14.4 Å². The summed E-state index contributed by atoms with van der Waals surface area (Å²) in [6, 6.07) is 0. The molecule has 0 aliphatic rings. The summed E-state index contributed by atoms with van der Waals surface area (Å²) in [7, 11) is 0. The lowest BCUT2D eigenvalue weighted by atomic mass is 10.1. The van der Waals surface area contributed by atoms with Gasteiger partial charge in [0.15, 0.2) is 6.10 Å². The number of hydrogen-bond acceptors (Lipinski definition) is 6. The average molecular weight is 919 g/mol. The molecular formula is C60H102O6. The van der Waals surface area contributed by atoms with E-state index in [0.29, 0.717) is 19.3 Å². The van der Waals surface area contributed by atoms with Gasteiger partial charge in [-0.1, -0.05) is 215 Å². The molecule has 0 spiro atoms. The predicted octanol–water partition coefficient (Wildman–Crippen LogP) is 18.4. The molecule has 0 amide bonds. The molecule has 6 heteroatoms. The molecular weight excluding hydrogens is 817 g/mol. The molecule has 66 heavy (non-hydrogen) atoms. The number of allylic oxidation sites excluding steroid dienone is 14. The first-order chi connectivity index (χ1) is 32.5. The Morgan fingerprint density at radius 3 is 1.00 bits per heavy atom. The minimum absolute atomic E-state index is 0.102. The first kappa shape index (κ1) is 62.6. The van der Waals surface area contributed by atoms with Gasteiger partial charge in [-0.05, 0) is 109 Å². The van der Waals surface area contributed by atoms with Crippen molar-refractivity contribution in [1.82, 2.24) is 0 Å². The van der Waals surface area contributed by atoms with Crippen molar-refractivity contribution < 1.29 is 28.6 Å². The van der Waals surface area contributed by atoms with Gasteiger partial charge >= 0.3 is 17.9 Å². The number of carbonyl (C=O) groups excluding carboxylic acids is 3. The SMILES string of the molecule is CC/C=C\C/C=C\C/C=C\C/C=C\C/C=C\CCCC(=O)OC[C@@H](COC(=O)CCCCCCC/C=C\CCCCCCCC)OC(=O)CCCCCCC/C=C\CCCCCCCCC. The molecule has 0 saturated carbocycles. The highest BCUT2D eigenvalue weighted by molar-refractivity contribution is 5.71. The third kappa shape index (κ3) is 51.6. The third-order valence-electron chi connectivity index (χ3n) is 11.6. The lowest BCUT2D eigenvalue weighted by Crippen LogP contribution is -2.30. The first-order valence-corrected chi connectivity index (χ1v) is 27.6. The largest absolute Gasteiger partial charge is 0.462 e. The highest BCUT2D eigenvalue weighted by Gasteiger charge is 2.19. The van der Waals surface area contributed by atoms with Gasteiger partial charge < -0.3 is 14.2 Å². The maximum atomic E-state index is 12.8. The van der Waals surface area contributed by atoms with E-state index < -0.39 is 6.10 Å². The smallest absolute Gasteiger partial charge is 0.306 e. The number of esters is 3. The van der Waals surface area contributed by atoms with Gasteiger partial charge in [-0.25, -0.2) is 0 Å². The van der Waals surface area contributed by atoms with Gasteiger partial charge in [0.05, 0.1) is 0 Å². The van der Waals surface area contributed by atoms with Gasteiger partial charge in [0, 0.05) is 19.3 Å². The zero-order chi connectivity index (χ0) is 47.9. The molecule has 6 nitrogen and oxygen atoms in total. The predicted molar refractivity (Wildman–Crippen MR) is 284 cm³/mol. The van der Waals surface area contributed by atoms with E-state index in [-0.39, 0.29) is 37.5 Å². The Bertz CT molecular complexity index is 1290. The summed E-state index contributed by atoms with van der Waals surface area (Å²) in [6.45, 7) is 6.46. The van der Waals surface area contributed by atoms with Crippen molar-refractivity contribution in [2.24, 2.45) is 0 Å². The fourth-order valence-electron chi connectivity index (χ4n) is 7.47. The normalized spacial score (nSPS) is 12.7. The Labute approximate surface area is 407 Å². The lowest BCUT2D eigenvalue weighted by Gasteiger charge is -2.18. The average Bonchev–Trinajstić information content (AvgIpc) is 3.31. The molecule has 0 rings (SSSR count). The summed E-state index contributed by atoms with van der Waals surface area (Å²) in [5.41, 5.74) is 0. The van der Waals surface area contributed by atoms with Crippen LogP contribution in [0.5, 0.6) is 0 Å². The molecule has 0 saturated heterocycles. The summed E-state index contributed by atoms with van der Waals surface area (Å²) in [5, 5.41) is 0. The lowest BCUT2D eigenvalue weighted by molar-refractivity contribution is -0.167. The maximum absolute atomic E-state index is 12.8. The highest BCUT2D eigenvalue weighted by atomic mass is 16.6. The van der Waals surface area contributed by atoms with Crippen molar-refractivity contribution >= 4 is 17.9 Å². The number of unbranched alkanes of at least 4 members (excludes halogenated alkanes) is 24. The third-order valence-corrected chi connectivity index (χ3v) is 11.6. The zero-order valence-corrected chi connectivity index (χ0v) is 43.2. The molecule has 0 fully saturated rings. The van der Waals surface area contributed by atoms with Crippen LogP contribution < -0.4 is 0 Å². The van der Waals surface area contributed by atoms with E-state index in [2.05, 4.69) is 106 Å². The monoisotopic (exact) mass is 919 g/mol. The van der Waals surface area contributed by atoms with Gasteiger partial charge in [-0.15, -0.1) is 0 Å². The Hall–Kier alpha value is -3.41. The van der Waals surface area contributed by atoms with Crippen molar-refractivity contribution in [2.75, 3.05) is 13.2 Å². The summed E-state index contributed by atoms with van der Waals surface area (Å²) in [5.74, 6) is -0.976. The fourth-order valence-corrected chi connectivity index (χ4v) is 7.47. The van der Waals surface area contributed by atoms with Crippen molar-refractivity contribution in [3.05, 3.63) is 85.1 Å². The molecule has 0 aromatic rings. The zero-order valence-electron chi connectivity index (χ0n) is 43.2. The van der Waals surface area contributed by atoms with Crippen LogP contribution in [0.15, 0.2) is 85.1 Å². The van der Waals surface area contributed by atoms with Crippen molar-refractivity contribution in [3.8, 4) is 0 Å². The van der Waals surface area contributed by atoms with Gasteiger partial charge in [0.1, 0.15) is 13.2 Å². The fraction of sp³-hybridized carbons (Fsp3) is 0.717. The number of ether oxygens (including phenoxy) is 3. The van der Waals surface area contributed by atoms with Crippen molar-refractivity contribution in [3.63, 3.8) is 0 Å². The van der Waals surface area contributed by atoms with Crippen LogP contribution in [0.2, 0.25) is 0 Å². The second-order valence-corrected chi connectivity index (χ2v) is 18.1.